The van der Waals surface area contributed by atoms with Crippen molar-refractivity contribution in [3.8, 4) is 0 Å². The molecular formula is C13H14N4OS. The van der Waals surface area contributed by atoms with Gasteiger partial charge in [0.25, 0.3) is 5.91 Å². The van der Waals surface area contributed by atoms with Gasteiger partial charge in [0.1, 0.15) is 0 Å². The van der Waals surface area contributed by atoms with Crippen LogP contribution in [0.15, 0.2) is 42.7 Å². The molecule has 0 bridgehead atoms. The second-order valence-electron chi connectivity index (χ2n) is 4.00. The lowest BCUT2D eigenvalue weighted by molar-refractivity contribution is 0.0987. The van der Waals surface area contributed by atoms with Crippen molar-refractivity contribution in [2.75, 3.05) is 11.4 Å². The van der Waals surface area contributed by atoms with E-state index >= 15 is 0 Å². The van der Waals surface area contributed by atoms with Crippen LogP contribution >= 0.6 is 12.2 Å². The number of carbonyl (C=O) groups excluding carboxylic acids is 1. The number of hydrogen-bond acceptors (Lipinski definition) is 3. The van der Waals surface area contributed by atoms with Gasteiger partial charge in [-0.25, -0.2) is 0 Å². The van der Waals surface area contributed by atoms with Gasteiger partial charge in [0.05, 0.1) is 16.7 Å². The molecule has 0 saturated heterocycles. The third kappa shape index (κ3) is 3.38. The number of rotatable bonds is 5. The van der Waals surface area contributed by atoms with E-state index in [0.717, 1.165) is 5.69 Å². The predicted molar refractivity (Wildman–Crippen MR) is 78.1 cm³/mol. The van der Waals surface area contributed by atoms with E-state index in [1.54, 1.807) is 11.1 Å². The van der Waals surface area contributed by atoms with Gasteiger partial charge in [-0.3, -0.25) is 9.89 Å². The van der Waals surface area contributed by atoms with Crippen molar-refractivity contribution >= 4 is 28.8 Å². The van der Waals surface area contributed by atoms with Gasteiger partial charge in [-0.15, -0.1) is 0 Å². The summed E-state index contributed by atoms with van der Waals surface area (Å²) in [5, 5.41) is 6.43. The number of anilines is 1. The molecule has 98 valence electrons. The largest absolute Gasteiger partial charge is 0.393 e. The molecule has 0 spiro atoms. The topological polar surface area (TPSA) is 75.0 Å². The van der Waals surface area contributed by atoms with E-state index < -0.39 is 0 Å². The van der Waals surface area contributed by atoms with E-state index in [-0.39, 0.29) is 5.91 Å². The molecule has 2 aromatic rings. The van der Waals surface area contributed by atoms with Crippen molar-refractivity contribution in [1.29, 1.82) is 0 Å². The number of H-pyrrole nitrogens is 1. The van der Waals surface area contributed by atoms with Gasteiger partial charge in [-0.05, 0) is 12.1 Å². The maximum atomic E-state index is 12.4. The number of nitrogens with one attached hydrogen (secondary N) is 1. The summed E-state index contributed by atoms with van der Waals surface area (Å²) in [6.07, 6.45) is 3.55. The van der Waals surface area contributed by atoms with Gasteiger partial charge < -0.3 is 10.6 Å². The molecule has 1 aromatic heterocycles. The van der Waals surface area contributed by atoms with E-state index in [0.29, 0.717) is 23.5 Å². The van der Waals surface area contributed by atoms with E-state index in [4.69, 9.17) is 18.0 Å². The molecule has 2 rings (SSSR count). The fourth-order valence-electron chi connectivity index (χ4n) is 1.70. The Bertz CT molecular complexity index is 553. The molecular weight excluding hydrogens is 260 g/mol. The van der Waals surface area contributed by atoms with Crippen LogP contribution in [0.25, 0.3) is 0 Å². The van der Waals surface area contributed by atoms with Gasteiger partial charge in [0.15, 0.2) is 0 Å². The first kappa shape index (κ1) is 13.2. The van der Waals surface area contributed by atoms with Crippen LogP contribution in [-0.2, 0) is 0 Å². The molecule has 0 aliphatic heterocycles. The van der Waals surface area contributed by atoms with Crippen LogP contribution in [0.4, 0.5) is 5.69 Å². The Morgan fingerprint density at radius 2 is 2.11 bits per heavy atom. The minimum absolute atomic E-state index is 0.129. The minimum atomic E-state index is -0.129. The molecule has 1 aromatic carbocycles. The van der Waals surface area contributed by atoms with Crippen molar-refractivity contribution in [3.63, 3.8) is 0 Å². The monoisotopic (exact) mass is 274 g/mol. The summed E-state index contributed by atoms with van der Waals surface area (Å²) in [5.74, 6) is -0.129. The highest BCUT2D eigenvalue weighted by Gasteiger charge is 2.18. The lowest BCUT2D eigenvalue weighted by atomic mass is 10.2. The zero-order chi connectivity index (χ0) is 13.7. The van der Waals surface area contributed by atoms with E-state index in [2.05, 4.69) is 10.2 Å². The number of thiocarbonyl (C=S) groups is 1. The van der Waals surface area contributed by atoms with Crippen molar-refractivity contribution < 1.29 is 4.79 Å². The number of aromatic amines is 1. The van der Waals surface area contributed by atoms with Crippen LogP contribution in [0.5, 0.6) is 0 Å². The number of para-hydroxylation sites is 1. The summed E-state index contributed by atoms with van der Waals surface area (Å²) in [6, 6.07) is 9.41. The predicted octanol–water partition coefficient (Wildman–Crippen LogP) is 1.73. The highest BCUT2D eigenvalue weighted by Crippen LogP contribution is 2.16. The van der Waals surface area contributed by atoms with Crippen LogP contribution in [0, 0.1) is 0 Å². The molecule has 1 heterocycles. The lowest BCUT2D eigenvalue weighted by Crippen LogP contribution is -2.33. The Balaban J connectivity index is 2.24. The number of benzene rings is 1. The highest BCUT2D eigenvalue weighted by molar-refractivity contribution is 7.80. The average molecular weight is 274 g/mol. The van der Waals surface area contributed by atoms with Crippen molar-refractivity contribution in [3.05, 3.63) is 48.3 Å². The minimum Gasteiger partial charge on any atom is -0.393 e. The fourth-order valence-corrected chi connectivity index (χ4v) is 1.79. The first-order valence-electron chi connectivity index (χ1n) is 5.82. The maximum absolute atomic E-state index is 12.4. The fraction of sp³-hybridized carbons (Fsp3) is 0.154. The molecule has 0 saturated carbocycles. The molecule has 0 aliphatic carbocycles. The van der Waals surface area contributed by atoms with Gasteiger partial charge in [-0.1, -0.05) is 30.4 Å². The van der Waals surface area contributed by atoms with Crippen molar-refractivity contribution in [2.24, 2.45) is 5.73 Å². The van der Waals surface area contributed by atoms with Crippen LogP contribution in [0.3, 0.4) is 0 Å². The number of aromatic nitrogens is 2. The molecule has 19 heavy (non-hydrogen) atoms. The van der Waals surface area contributed by atoms with Crippen LogP contribution in [0.2, 0.25) is 0 Å². The molecule has 1 amide bonds. The van der Waals surface area contributed by atoms with E-state index in [1.165, 1.54) is 6.20 Å². The standard InChI is InChI=1S/C13H14N4OS/c14-12(19)6-7-17(11-4-2-1-3-5-11)13(18)10-8-15-16-9-10/h1-5,8-9H,6-7H2,(H2,14,19)(H,15,16). The summed E-state index contributed by atoms with van der Waals surface area (Å²) in [5.41, 5.74) is 6.83. The first-order valence-corrected chi connectivity index (χ1v) is 6.23. The Morgan fingerprint density at radius 3 is 2.68 bits per heavy atom. The Hall–Kier alpha value is -2.21. The highest BCUT2D eigenvalue weighted by atomic mass is 32.1. The summed E-state index contributed by atoms with van der Waals surface area (Å²) in [6.45, 7) is 0.448. The zero-order valence-electron chi connectivity index (χ0n) is 10.2. The molecule has 6 heteroatoms. The zero-order valence-corrected chi connectivity index (χ0v) is 11.1. The normalized spacial score (nSPS) is 10.1. The summed E-state index contributed by atoms with van der Waals surface area (Å²) >= 11 is 4.87. The summed E-state index contributed by atoms with van der Waals surface area (Å²) in [7, 11) is 0. The second-order valence-corrected chi connectivity index (χ2v) is 4.52. The van der Waals surface area contributed by atoms with E-state index in [9.17, 15) is 4.79 Å². The van der Waals surface area contributed by atoms with Gasteiger partial charge >= 0.3 is 0 Å². The Morgan fingerprint density at radius 1 is 1.37 bits per heavy atom. The van der Waals surface area contributed by atoms with Crippen LogP contribution in [0.1, 0.15) is 16.8 Å². The molecule has 5 nitrogen and oxygen atoms in total. The quantitative estimate of drug-likeness (QED) is 0.814. The Labute approximate surface area is 116 Å². The third-order valence-electron chi connectivity index (χ3n) is 2.64. The van der Waals surface area contributed by atoms with Crippen LogP contribution in [-0.4, -0.2) is 27.6 Å². The smallest absolute Gasteiger partial charge is 0.261 e. The molecule has 0 aliphatic rings. The molecule has 0 unspecified atom stereocenters. The van der Waals surface area contributed by atoms with E-state index in [1.807, 2.05) is 30.3 Å². The molecule has 0 fully saturated rings. The number of nitrogens with two attached hydrogens (primary N) is 1. The lowest BCUT2D eigenvalue weighted by Gasteiger charge is -2.22. The molecule has 0 radical (unpaired) electrons. The van der Waals surface area contributed by atoms with Gasteiger partial charge in [0, 0.05) is 24.8 Å². The number of nitrogens with zero attached hydrogens (tertiary/aromatic N) is 2. The average Bonchev–Trinajstić information content (AvgIpc) is 2.93. The number of carbonyl (C=O) groups is 1. The molecule has 3 N–H and O–H groups in total. The van der Waals surface area contributed by atoms with Gasteiger partial charge in [-0.2, -0.15) is 5.10 Å². The number of hydrogen-bond donors (Lipinski definition) is 2. The van der Waals surface area contributed by atoms with Crippen LogP contribution < -0.4 is 10.6 Å². The summed E-state index contributed by atoms with van der Waals surface area (Å²) in [4.78, 5) is 14.4. The van der Waals surface area contributed by atoms with Crippen molar-refractivity contribution in [1.82, 2.24) is 10.2 Å². The SMILES string of the molecule is NC(=S)CCN(C(=O)c1cn[nH]c1)c1ccccc1. The second kappa shape index (κ2) is 6.10. The summed E-state index contributed by atoms with van der Waals surface area (Å²) < 4.78 is 0. The Kier molecular flexibility index (Phi) is 4.25. The maximum Gasteiger partial charge on any atom is 0.261 e. The first-order chi connectivity index (χ1) is 9.18. The van der Waals surface area contributed by atoms with Crippen molar-refractivity contribution in [2.45, 2.75) is 6.42 Å². The third-order valence-corrected chi connectivity index (χ3v) is 2.84. The number of amides is 1. The van der Waals surface area contributed by atoms with Gasteiger partial charge in [0.2, 0.25) is 0 Å². The molecule has 0 atom stereocenters.